The molecule has 5 heteroatoms. The molecule has 0 bridgehead atoms. The van der Waals surface area contributed by atoms with Gasteiger partial charge in [-0.1, -0.05) is 18.9 Å². The summed E-state index contributed by atoms with van der Waals surface area (Å²) in [6, 6.07) is 8.88. The highest BCUT2D eigenvalue weighted by atomic mass is 32.2. The lowest BCUT2D eigenvalue weighted by Gasteiger charge is -2.09. The van der Waals surface area contributed by atoms with E-state index >= 15 is 0 Å². The van der Waals surface area contributed by atoms with Crippen molar-refractivity contribution in [2.75, 3.05) is 11.1 Å². The van der Waals surface area contributed by atoms with E-state index in [1.54, 1.807) is 24.3 Å². The SMILES string of the molecule is N#Cc1cccc(NC(=O)CCCS(=O)C2CCCC2)c1. The molecule has 0 saturated heterocycles. The van der Waals surface area contributed by atoms with Crippen molar-refractivity contribution >= 4 is 22.4 Å². The van der Waals surface area contributed by atoms with Crippen molar-refractivity contribution in [3.8, 4) is 6.07 Å². The van der Waals surface area contributed by atoms with Crippen LogP contribution in [0.15, 0.2) is 24.3 Å². The Morgan fingerprint density at radius 2 is 2.14 bits per heavy atom. The summed E-state index contributed by atoms with van der Waals surface area (Å²) in [4.78, 5) is 11.8. The number of benzene rings is 1. The first kappa shape index (κ1) is 15.7. The third-order valence-electron chi connectivity index (χ3n) is 3.70. The fraction of sp³-hybridized carbons (Fsp3) is 0.500. The van der Waals surface area contributed by atoms with Crippen molar-refractivity contribution in [3.63, 3.8) is 0 Å². The first-order chi connectivity index (χ1) is 10.2. The molecule has 0 radical (unpaired) electrons. The van der Waals surface area contributed by atoms with E-state index in [1.807, 2.05) is 6.07 Å². The van der Waals surface area contributed by atoms with Crippen molar-refractivity contribution in [1.82, 2.24) is 0 Å². The van der Waals surface area contributed by atoms with Gasteiger partial charge >= 0.3 is 0 Å². The highest BCUT2D eigenvalue weighted by Gasteiger charge is 2.20. The topological polar surface area (TPSA) is 70.0 Å². The van der Waals surface area contributed by atoms with Crippen molar-refractivity contribution in [2.24, 2.45) is 0 Å². The van der Waals surface area contributed by atoms with E-state index in [1.165, 1.54) is 12.8 Å². The van der Waals surface area contributed by atoms with Crippen LogP contribution in [0.4, 0.5) is 5.69 Å². The fourth-order valence-corrected chi connectivity index (χ4v) is 4.20. The van der Waals surface area contributed by atoms with Gasteiger partial charge in [-0.15, -0.1) is 0 Å². The van der Waals surface area contributed by atoms with Gasteiger partial charge in [0, 0.05) is 33.9 Å². The van der Waals surface area contributed by atoms with Crippen LogP contribution in [0.25, 0.3) is 0 Å². The van der Waals surface area contributed by atoms with E-state index in [0.717, 1.165) is 12.8 Å². The van der Waals surface area contributed by atoms with Gasteiger partial charge in [-0.25, -0.2) is 0 Å². The van der Waals surface area contributed by atoms with Crippen LogP contribution in [0, 0.1) is 11.3 Å². The number of anilines is 1. The number of nitrogens with zero attached hydrogens (tertiary/aromatic N) is 1. The summed E-state index contributed by atoms with van der Waals surface area (Å²) in [6.45, 7) is 0. The Kier molecular flexibility index (Phi) is 5.94. The van der Waals surface area contributed by atoms with E-state index in [4.69, 9.17) is 5.26 Å². The largest absolute Gasteiger partial charge is 0.326 e. The van der Waals surface area contributed by atoms with Crippen LogP contribution in [0.1, 0.15) is 44.1 Å². The number of nitrogens with one attached hydrogen (secondary N) is 1. The smallest absolute Gasteiger partial charge is 0.224 e. The lowest BCUT2D eigenvalue weighted by Crippen LogP contribution is -2.16. The molecule has 0 heterocycles. The van der Waals surface area contributed by atoms with E-state index in [9.17, 15) is 9.00 Å². The number of hydrogen-bond acceptors (Lipinski definition) is 3. The van der Waals surface area contributed by atoms with Gasteiger partial charge in [0.2, 0.25) is 5.91 Å². The van der Waals surface area contributed by atoms with Crippen LogP contribution in [-0.2, 0) is 15.6 Å². The molecule has 1 N–H and O–H groups in total. The Labute approximate surface area is 128 Å². The molecule has 1 aliphatic carbocycles. The molecule has 0 aromatic heterocycles. The quantitative estimate of drug-likeness (QED) is 0.878. The lowest BCUT2D eigenvalue weighted by atomic mass is 10.2. The maximum atomic E-state index is 12.0. The first-order valence-electron chi connectivity index (χ1n) is 7.36. The average Bonchev–Trinajstić information content (AvgIpc) is 3.01. The molecule has 1 saturated carbocycles. The Balaban J connectivity index is 1.72. The maximum absolute atomic E-state index is 12.0. The molecule has 1 atom stereocenters. The van der Waals surface area contributed by atoms with Crippen molar-refractivity contribution in [3.05, 3.63) is 29.8 Å². The highest BCUT2D eigenvalue weighted by Crippen LogP contribution is 2.23. The number of nitriles is 1. The number of amides is 1. The van der Waals surface area contributed by atoms with Gasteiger partial charge in [-0.3, -0.25) is 9.00 Å². The van der Waals surface area contributed by atoms with E-state index in [-0.39, 0.29) is 5.91 Å². The molecular formula is C16H20N2O2S. The third-order valence-corrected chi connectivity index (χ3v) is 5.60. The Morgan fingerprint density at radius 1 is 1.38 bits per heavy atom. The van der Waals surface area contributed by atoms with Gasteiger partial charge in [0.15, 0.2) is 0 Å². The Morgan fingerprint density at radius 3 is 2.86 bits per heavy atom. The molecule has 1 aromatic carbocycles. The number of rotatable bonds is 6. The highest BCUT2D eigenvalue weighted by molar-refractivity contribution is 7.85. The second kappa shape index (κ2) is 7.94. The van der Waals surface area contributed by atoms with Crippen LogP contribution in [0.2, 0.25) is 0 Å². The fourth-order valence-electron chi connectivity index (χ4n) is 2.58. The van der Waals surface area contributed by atoms with Crippen LogP contribution >= 0.6 is 0 Å². The van der Waals surface area contributed by atoms with E-state index in [2.05, 4.69) is 5.32 Å². The molecule has 1 unspecified atom stereocenters. The summed E-state index contributed by atoms with van der Waals surface area (Å²) in [7, 11) is -0.786. The number of hydrogen-bond donors (Lipinski definition) is 1. The Hall–Kier alpha value is -1.67. The molecule has 112 valence electrons. The minimum absolute atomic E-state index is 0.0893. The van der Waals surface area contributed by atoms with Gasteiger partial charge in [0.05, 0.1) is 11.6 Å². The zero-order valence-electron chi connectivity index (χ0n) is 12.0. The Bertz CT molecular complexity index is 560. The van der Waals surface area contributed by atoms with Gasteiger partial charge in [-0.2, -0.15) is 5.26 Å². The van der Waals surface area contributed by atoms with Crippen molar-refractivity contribution in [2.45, 2.75) is 43.8 Å². The molecule has 1 fully saturated rings. The van der Waals surface area contributed by atoms with Crippen molar-refractivity contribution in [1.29, 1.82) is 5.26 Å². The van der Waals surface area contributed by atoms with Crippen LogP contribution in [-0.4, -0.2) is 21.1 Å². The number of carbonyl (C=O) groups is 1. The molecule has 1 amide bonds. The van der Waals surface area contributed by atoms with Crippen molar-refractivity contribution < 1.29 is 9.00 Å². The summed E-state index contributed by atoms with van der Waals surface area (Å²) < 4.78 is 12.0. The van der Waals surface area contributed by atoms with Gasteiger partial charge in [0.1, 0.15) is 0 Å². The minimum Gasteiger partial charge on any atom is -0.326 e. The predicted molar refractivity (Wildman–Crippen MR) is 84.3 cm³/mol. The zero-order chi connectivity index (χ0) is 15.1. The van der Waals surface area contributed by atoms with Crippen LogP contribution in [0.5, 0.6) is 0 Å². The monoisotopic (exact) mass is 304 g/mol. The van der Waals surface area contributed by atoms with E-state index < -0.39 is 10.8 Å². The molecule has 4 nitrogen and oxygen atoms in total. The summed E-state index contributed by atoms with van der Waals surface area (Å²) in [5.74, 6) is 0.518. The average molecular weight is 304 g/mol. The van der Waals surface area contributed by atoms with Gasteiger partial charge in [0.25, 0.3) is 0 Å². The zero-order valence-corrected chi connectivity index (χ0v) is 12.8. The number of carbonyl (C=O) groups excluding carboxylic acids is 1. The van der Waals surface area contributed by atoms with E-state index in [0.29, 0.717) is 35.1 Å². The molecule has 21 heavy (non-hydrogen) atoms. The second-order valence-electron chi connectivity index (χ2n) is 5.34. The molecule has 1 aromatic rings. The minimum atomic E-state index is -0.786. The van der Waals surface area contributed by atoms with Crippen LogP contribution < -0.4 is 5.32 Å². The second-order valence-corrected chi connectivity index (χ2v) is 7.17. The van der Waals surface area contributed by atoms with Crippen LogP contribution in [0.3, 0.4) is 0 Å². The third kappa shape index (κ3) is 4.98. The molecule has 0 aliphatic heterocycles. The van der Waals surface area contributed by atoms with Gasteiger partial charge < -0.3 is 5.32 Å². The summed E-state index contributed by atoms with van der Waals surface area (Å²) >= 11 is 0. The molecular weight excluding hydrogens is 284 g/mol. The molecule has 2 rings (SSSR count). The van der Waals surface area contributed by atoms with Gasteiger partial charge in [-0.05, 0) is 37.5 Å². The maximum Gasteiger partial charge on any atom is 0.224 e. The molecule has 0 spiro atoms. The first-order valence-corrected chi connectivity index (χ1v) is 8.74. The lowest BCUT2D eigenvalue weighted by molar-refractivity contribution is -0.116. The summed E-state index contributed by atoms with van der Waals surface area (Å²) in [5.41, 5.74) is 1.16. The molecule has 1 aliphatic rings. The summed E-state index contributed by atoms with van der Waals surface area (Å²) in [6.07, 6.45) is 5.53. The summed E-state index contributed by atoms with van der Waals surface area (Å²) in [5, 5.41) is 11.9. The predicted octanol–water partition coefficient (Wildman–Crippen LogP) is 2.97. The normalized spacial score (nSPS) is 16.3. The standard InChI is InChI=1S/C16H20N2O2S/c17-12-13-5-3-6-14(11-13)18-16(19)9-4-10-21(20)15-7-1-2-8-15/h3,5-6,11,15H,1-2,4,7-10H2,(H,18,19).